The Hall–Kier alpha value is -2.34. The Balaban J connectivity index is 2.17. The zero-order valence-electron chi connectivity index (χ0n) is 10.3. The second kappa shape index (κ2) is 5.75. The molecule has 2 rings (SSSR count). The van der Waals surface area contributed by atoms with Gasteiger partial charge in [0.2, 0.25) is 0 Å². The molecule has 0 radical (unpaired) electrons. The topological polar surface area (TPSA) is 86.7 Å². The molecule has 7 heteroatoms. The summed E-state index contributed by atoms with van der Waals surface area (Å²) in [5, 5.41) is 10.9. The van der Waals surface area contributed by atoms with Crippen LogP contribution in [0.25, 0.3) is 0 Å². The highest BCUT2D eigenvalue weighted by molar-refractivity contribution is 6.52. The SMILES string of the molecule is O=C(O)CCNC1=C(Cl)C(=O)N(c2ccccc2)C1=O. The van der Waals surface area contributed by atoms with Gasteiger partial charge in [-0.1, -0.05) is 29.8 Å². The molecule has 0 bridgehead atoms. The number of anilines is 1. The maximum absolute atomic E-state index is 12.2. The molecule has 0 atom stereocenters. The molecule has 0 fully saturated rings. The van der Waals surface area contributed by atoms with Crippen LogP contribution in [0.4, 0.5) is 5.69 Å². The lowest BCUT2D eigenvalue weighted by Gasteiger charge is -2.14. The molecule has 1 heterocycles. The van der Waals surface area contributed by atoms with Gasteiger partial charge in [-0.25, -0.2) is 4.90 Å². The van der Waals surface area contributed by atoms with Gasteiger partial charge in [0.15, 0.2) is 0 Å². The quantitative estimate of drug-likeness (QED) is 0.793. The van der Waals surface area contributed by atoms with Crippen molar-refractivity contribution in [2.75, 3.05) is 11.4 Å². The molecule has 2 N–H and O–H groups in total. The van der Waals surface area contributed by atoms with E-state index in [1.807, 2.05) is 0 Å². The van der Waals surface area contributed by atoms with Gasteiger partial charge in [0, 0.05) is 6.54 Å². The van der Waals surface area contributed by atoms with E-state index in [9.17, 15) is 14.4 Å². The molecule has 1 aromatic carbocycles. The summed E-state index contributed by atoms with van der Waals surface area (Å²) in [4.78, 5) is 35.5. The average Bonchev–Trinajstić information content (AvgIpc) is 2.63. The molecule has 0 saturated heterocycles. The van der Waals surface area contributed by atoms with Gasteiger partial charge in [-0.3, -0.25) is 14.4 Å². The van der Waals surface area contributed by atoms with Crippen molar-refractivity contribution in [2.24, 2.45) is 0 Å². The zero-order valence-corrected chi connectivity index (χ0v) is 11.1. The van der Waals surface area contributed by atoms with Crippen molar-refractivity contribution < 1.29 is 19.5 Å². The first-order chi connectivity index (χ1) is 9.52. The molecule has 1 aliphatic rings. The molecule has 0 saturated carbocycles. The Morgan fingerprint density at radius 1 is 1.20 bits per heavy atom. The average molecular weight is 295 g/mol. The Bertz CT molecular complexity index is 598. The molecule has 1 aromatic rings. The number of nitrogens with zero attached hydrogens (tertiary/aromatic N) is 1. The number of amides is 2. The smallest absolute Gasteiger partial charge is 0.305 e. The first-order valence-electron chi connectivity index (χ1n) is 5.81. The standard InChI is InChI=1S/C13H11ClN2O4/c14-10-11(15-7-6-9(17)18)13(20)16(12(10)19)8-4-2-1-3-5-8/h1-5,15H,6-7H2,(H,17,18). The number of carbonyl (C=O) groups excluding carboxylic acids is 2. The van der Waals surface area contributed by atoms with Crippen LogP contribution in [0.2, 0.25) is 0 Å². The van der Waals surface area contributed by atoms with Gasteiger partial charge in [-0.2, -0.15) is 0 Å². The minimum absolute atomic E-state index is 0.0164. The number of hydrogen-bond donors (Lipinski definition) is 2. The summed E-state index contributed by atoms with van der Waals surface area (Å²) in [6, 6.07) is 8.37. The molecule has 0 unspecified atom stereocenters. The molecular formula is C13H11ClN2O4. The second-order valence-corrected chi connectivity index (χ2v) is 4.42. The summed E-state index contributed by atoms with van der Waals surface area (Å²) in [7, 11) is 0. The highest BCUT2D eigenvalue weighted by Gasteiger charge is 2.38. The van der Waals surface area contributed by atoms with Crippen molar-refractivity contribution in [1.29, 1.82) is 0 Å². The van der Waals surface area contributed by atoms with Gasteiger partial charge in [-0.05, 0) is 12.1 Å². The lowest BCUT2D eigenvalue weighted by molar-refractivity contribution is -0.137. The maximum atomic E-state index is 12.2. The predicted octanol–water partition coefficient (Wildman–Crippen LogP) is 1.07. The van der Waals surface area contributed by atoms with E-state index < -0.39 is 17.8 Å². The van der Waals surface area contributed by atoms with E-state index in [4.69, 9.17) is 16.7 Å². The van der Waals surface area contributed by atoms with Crippen molar-refractivity contribution in [3.8, 4) is 0 Å². The Morgan fingerprint density at radius 3 is 2.45 bits per heavy atom. The molecule has 20 heavy (non-hydrogen) atoms. The van der Waals surface area contributed by atoms with Crippen molar-refractivity contribution >= 4 is 35.1 Å². The normalized spacial score (nSPS) is 14.9. The number of para-hydroxylation sites is 1. The highest BCUT2D eigenvalue weighted by Crippen LogP contribution is 2.27. The van der Waals surface area contributed by atoms with Gasteiger partial charge < -0.3 is 10.4 Å². The predicted molar refractivity (Wildman–Crippen MR) is 72.1 cm³/mol. The Labute approximate surface area is 119 Å². The maximum Gasteiger partial charge on any atom is 0.305 e. The molecule has 0 spiro atoms. The molecule has 1 aliphatic heterocycles. The van der Waals surface area contributed by atoms with Crippen LogP contribution in [-0.4, -0.2) is 29.4 Å². The zero-order chi connectivity index (χ0) is 14.7. The number of imide groups is 1. The number of rotatable bonds is 5. The molecule has 2 amide bonds. The summed E-state index contributed by atoms with van der Waals surface area (Å²) in [5.41, 5.74) is 0.345. The molecule has 0 aromatic heterocycles. The number of carbonyl (C=O) groups is 3. The minimum atomic E-state index is -1.01. The van der Waals surface area contributed by atoms with Crippen LogP contribution >= 0.6 is 11.6 Å². The summed E-state index contributed by atoms with van der Waals surface area (Å²) in [6.45, 7) is 0.0164. The van der Waals surface area contributed by atoms with Gasteiger partial charge in [0.25, 0.3) is 11.8 Å². The van der Waals surface area contributed by atoms with Crippen LogP contribution in [-0.2, 0) is 14.4 Å². The fraction of sp³-hybridized carbons (Fsp3) is 0.154. The molecule has 6 nitrogen and oxygen atoms in total. The lowest BCUT2D eigenvalue weighted by Crippen LogP contribution is -2.34. The van der Waals surface area contributed by atoms with Crippen LogP contribution in [0.1, 0.15) is 6.42 Å². The van der Waals surface area contributed by atoms with Crippen LogP contribution in [0.3, 0.4) is 0 Å². The van der Waals surface area contributed by atoms with E-state index >= 15 is 0 Å². The van der Waals surface area contributed by atoms with Gasteiger partial charge in [-0.15, -0.1) is 0 Å². The molecule has 104 valence electrons. The Kier molecular flexibility index (Phi) is 4.05. The van der Waals surface area contributed by atoms with Crippen molar-refractivity contribution in [3.63, 3.8) is 0 Å². The number of halogens is 1. The van der Waals surface area contributed by atoms with Gasteiger partial charge >= 0.3 is 5.97 Å². The van der Waals surface area contributed by atoms with E-state index in [1.54, 1.807) is 30.3 Å². The summed E-state index contributed by atoms with van der Waals surface area (Å²) in [6.07, 6.45) is -0.180. The number of hydrogen-bond acceptors (Lipinski definition) is 4. The van der Waals surface area contributed by atoms with E-state index in [1.165, 1.54) is 0 Å². The number of carboxylic acids is 1. The van der Waals surface area contributed by atoms with E-state index in [0.717, 1.165) is 4.90 Å². The van der Waals surface area contributed by atoms with Gasteiger partial charge in [0.05, 0.1) is 12.1 Å². The third-order valence-electron chi connectivity index (χ3n) is 2.68. The second-order valence-electron chi connectivity index (χ2n) is 4.04. The highest BCUT2D eigenvalue weighted by atomic mass is 35.5. The monoisotopic (exact) mass is 294 g/mol. The Morgan fingerprint density at radius 2 is 1.85 bits per heavy atom. The first-order valence-corrected chi connectivity index (χ1v) is 6.19. The fourth-order valence-corrected chi connectivity index (χ4v) is 1.99. The molecular weight excluding hydrogens is 284 g/mol. The summed E-state index contributed by atoms with van der Waals surface area (Å²) < 4.78 is 0. The molecule has 0 aliphatic carbocycles. The van der Waals surface area contributed by atoms with Crippen LogP contribution in [0.15, 0.2) is 41.1 Å². The third-order valence-corrected chi connectivity index (χ3v) is 3.03. The minimum Gasteiger partial charge on any atom is -0.481 e. The first kappa shape index (κ1) is 14.1. The van der Waals surface area contributed by atoms with Crippen molar-refractivity contribution in [2.45, 2.75) is 6.42 Å². The number of benzene rings is 1. The summed E-state index contributed by atoms with van der Waals surface area (Å²) >= 11 is 5.84. The largest absolute Gasteiger partial charge is 0.481 e. The van der Waals surface area contributed by atoms with Crippen LogP contribution < -0.4 is 10.2 Å². The third kappa shape index (κ3) is 2.65. The van der Waals surface area contributed by atoms with Crippen LogP contribution in [0.5, 0.6) is 0 Å². The lowest BCUT2D eigenvalue weighted by atomic mass is 10.3. The number of nitrogens with one attached hydrogen (secondary N) is 1. The van der Waals surface area contributed by atoms with Crippen molar-refractivity contribution in [1.82, 2.24) is 5.32 Å². The fourth-order valence-electron chi connectivity index (χ4n) is 1.76. The number of aliphatic carboxylic acids is 1. The van der Waals surface area contributed by atoms with E-state index in [-0.39, 0.29) is 23.7 Å². The van der Waals surface area contributed by atoms with Crippen LogP contribution in [0, 0.1) is 0 Å². The van der Waals surface area contributed by atoms with E-state index in [2.05, 4.69) is 5.32 Å². The van der Waals surface area contributed by atoms with Gasteiger partial charge in [0.1, 0.15) is 10.7 Å². The number of carboxylic acid groups (broad SMARTS) is 1. The van der Waals surface area contributed by atoms with E-state index in [0.29, 0.717) is 5.69 Å². The van der Waals surface area contributed by atoms with Crippen molar-refractivity contribution in [3.05, 3.63) is 41.1 Å². The summed E-state index contributed by atoms with van der Waals surface area (Å²) in [5.74, 6) is -2.22.